The average molecular weight is 1210 g/mol. The molecule has 0 rings (SSSR count). The number of hydrogen-bond donors (Lipinski definition) is 3. The number of hydrogen-bond acceptors (Lipinski definition) is 15. The van der Waals surface area contributed by atoms with Gasteiger partial charge in [-0.25, -0.2) is 9.13 Å². The Morgan fingerprint density at radius 3 is 0.866 bits per heavy atom. The number of aliphatic hydroxyl groups is 1. The maximum absolute atomic E-state index is 13.0. The SMILES string of the molecule is CCC(C)CCCCCCCCCCC(=O)O[C@H](COC(=O)CCCCCCCCC(C)CC)COP(=O)(O)OCC(O)COP(=O)(O)OC[C@@H](COC(=O)CCCCCCCCCC(C)C)OC(=O)CCCCCCCCCC(C)C. The van der Waals surface area contributed by atoms with Gasteiger partial charge in [-0.3, -0.25) is 37.3 Å². The summed E-state index contributed by atoms with van der Waals surface area (Å²) in [6.07, 6.45) is 32.2. The van der Waals surface area contributed by atoms with Crippen LogP contribution in [0.25, 0.3) is 0 Å². The van der Waals surface area contributed by atoms with Crippen molar-refractivity contribution in [3.05, 3.63) is 0 Å². The second kappa shape index (κ2) is 53.3. The van der Waals surface area contributed by atoms with Gasteiger partial charge in [0.25, 0.3) is 0 Å². The van der Waals surface area contributed by atoms with Crippen LogP contribution in [0.4, 0.5) is 0 Å². The molecule has 82 heavy (non-hydrogen) atoms. The summed E-state index contributed by atoms with van der Waals surface area (Å²) < 4.78 is 67.9. The largest absolute Gasteiger partial charge is 0.472 e. The van der Waals surface area contributed by atoms with E-state index in [9.17, 15) is 43.2 Å². The Hall–Kier alpha value is -1.94. The van der Waals surface area contributed by atoms with E-state index in [1.165, 1.54) is 89.9 Å². The molecule has 0 aliphatic carbocycles. The fraction of sp³-hybridized carbons (Fsp3) is 0.937. The molecule has 0 heterocycles. The summed E-state index contributed by atoms with van der Waals surface area (Å²) in [5, 5.41) is 10.5. The minimum atomic E-state index is -4.94. The van der Waals surface area contributed by atoms with E-state index < -0.39 is 97.5 Å². The maximum Gasteiger partial charge on any atom is 0.472 e. The van der Waals surface area contributed by atoms with E-state index in [0.29, 0.717) is 37.5 Å². The second-order valence-electron chi connectivity index (χ2n) is 24.2. The van der Waals surface area contributed by atoms with E-state index in [2.05, 4.69) is 55.4 Å². The second-order valence-corrected chi connectivity index (χ2v) is 27.1. The van der Waals surface area contributed by atoms with Crippen LogP contribution in [0.1, 0.15) is 299 Å². The summed E-state index contributed by atoms with van der Waals surface area (Å²) in [4.78, 5) is 72.1. The Labute approximate surface area is 498 Å². The van der Waals surface area contributed by atoms with Crippen molar-refractivity contribution in [3.8, 4) is 0 Å². The van der Waals surface area contributed by atoms with Crippen LogP contribution < -0.4 is 0 Å². The van der Waals surface area contributed by atoms with Gasteiger partial charge in [-0.2, -0.15) is 0 Å². The van der Waals surface area contributed by atoms with Crippen LogP contribution in [0.5, 0.6) is 0 Å². The summed E-state index contributed by atoms with van der Waals surface area (Å²) in [6, 6.07) is 0. The number of aliphatic hydroxyl groups excluding tert-OH is 1. The van der Waals surface area contributed by atoms with Crippen LogP contribution in [0.2, 0.25) is 0 Å². The molecule has 0 aromatic carbocycles. The van der Waals surface area contributed by atoms with Crippen molar-refractivity contribution in [2.45, 2.75) is 318 Å². The molecule has 19 heteroatoms. The molecule has 0 saturated heterocycles. The van der Waals surface area contributed by atoms with Crippen molar-refractivity contribution in [1.82, 2.24) is 0 Å². The third kappa shape index (κ3) is 54.7. The molecule has 17 nitrogen and oxygen atoms in total. The quantitative estimate of drug-likeness (QED) is 0.0222. The first-order valence-electron chi connectivity index (χ1n) is 32.8. The fourth-order valence-corrected chi connectivity index (χ4v) is 10.8. The van der Waals surface area contributed by atoms with Gasteiger partial charge >= 0.3 is 39.5 Å². The molecule has 0 fully saturated rings. The standard InChI is InChI=1S/C63H122O17P2/c1-9-55(7)41-33-25-17-11-12-18-29-37-45-62(67)79-59(50-74-61(66)44-36-28-22-21-26-34-42-56(8)10-2)52-78-82(71,72)76-48-57(64)47-75-81(69,70)77-51-58(80-63(68)46-38-30-20-14-16-24-32-40-54(5)6)49-73-60(65)43-35-27-19-13-15-23-31-39-53(3)4/h53-59,64H,9-52H2,1-8H3,(H,69,70)(H,71,72)/t55?,56?,57?,58-,59-/m1/s1. The molecule has 0 aliphatic heterocycles. The molecule has 3 N–H and O–H groups in total. The summed E-state index contributed by atoms with van der Waals surface area (Å²) in [7, 11) is -9.89. The van der Waals surface area contributed by atoms with Gasteiger partial charge in [-0.05, 0) is 49.4 Å². The van der Waals surface area contributed by atoms with Crippen LogP contribution in [0, 0.1) is 23.7 Å². The van der Waals surface area contributed by atoms with Crippen LogP contribution >= 0.6 is 15.6 Å². The summed E-state index contributed by atoms with van der Waals surface area (Å²) in [6.45, 7) is 13.9. The number of rotatable bonds is 60. The molecule has 0 amide bonds. The third-order valence-corrected chi connectivity index (χ3v) is 16.9. The van der Waals surface area contributed by atoms with E-state index in [1.807, 2.05) is 0 Å². The Morgan fingerprint density at radius 1 is 0.341 bits per heavy atom. The van der Waals surface area contributed by atoms with E-state index in [0.717, 1.165) is 115 Å². The molecule has 0 saturated carbocycles. The molecule has 0 spiro atoms. The van der Waals surface area contributed by atoms with Gasteiger partial charge in [-0.15, -0.1) is 0 Å². The van der Waals surface area contributed by atoms with Gasteiger partial charge in [0, 0.05) is 25.7 Å². The Morgan fingerprint density at radius 2 is 0.585 bits per heavy atom. The Balaban J connectivity index is 5.27. The molecular formula is C63H122O17P2. The zero-order chi connectivity index (χ0) is 61.1. The van der Waals surface area contributed by atoms with Crippen molar-refractivity contribution < 1.29 is 80.2 Å². The maximum atomic E-state index is 13.0. The number of carbonyl (C=O) groups is 4. The van der Waals surface area contributed by atoms with Gasteiger partial charge in [0.1, 0.15) is 19.3 Å². The third-order valence-electron chi connectivity index (χ3n) is 15.0. The minimum absolute atomic E-state index is 0.102. The molecule has 0 aromatic heterocycles. The summed E-state index contributed by atoms with van der Waals surface area (Å²) in [5.74, 6) is 0.757. The average Bonchev–Trinajstić information content (AvgIpc) is 3.44. The highest BCUT2D eigenvalue weighted by atomic mass is 31.2. The number of phosphoric acid groups is 2. The summed E-state index contributed by atoms with van der Waals surface area (Å²) in [5.41, 5.74) is 0. The molecule has 5 unspecified atom stereocenters. The topological polar surface area (TPSA) is 237 Å². The van der Waals surface area contributed by atoms with E-state index in [4.69, 9.17) is 37.0 Å². The highest BCUT2D eigenvalue weighted by Gasteiger charge is 2.30. The van der Waals surface area contributed by atoms with E-state index >= 15 is 0 Å². The number of esters is 4. The number of ether oxygens (including phenoxy) is 4. The molecule has 486 valence electrons. The fourth-order valence-electron chi connectivity index (χ4n) is 9.19. The lowest BCUT2D eigenvalue weighted by Gasteiger charge is -2.21. The van der Waals surface area contributed by atoms with E-state index in [-0.39, 0.29) is 25.7 Å². The van der Waals surface area contributed by atoms with Gasteiger partial charge in [-0.1, -0.05) is 248 Å². The Bertz CT molecular complexity index is 1650. The van der Waals surface area contributed by atoms with E-state index in [1.54, 1.807) is 0 Å². The molecular weight excluding hydrogens is 1090 g/mol. The smallest absolute Gasteiger partial charge is 0.462 e. The lowest BCUT2D eigenvalue weighted by atomic mass is 9.99. The molecule has 7 atom stereocenters. The summed E-state index contributed by atoms with van der Waals surface area (Å²) >= 11 is 0. The number of carbonyl (C=O) groups excluding carboxylic acids is 4. The van der Waals surface area contributed by atoms with Gasteiger partial charge in [0.05, 0.1) is 26.4 Å². The molecule has 0 aromatic rings. The van der Waals surface area contributed by atoms with Crippen LogP contribution in [-0.4, -0.2) is 96.7 Å². The zero-order valence-corrected chi connectivity index (χ0v) is 54.9. The number of unbranched alkanes of at least 4 members (excludes halogenated alkanes) is 24. The molecule has 0 radical (unpaired) electrons. The molecule has 0 aliphatic rings. The Kier molecular flexibility index (Phi) is 52.0. The van der Waals surface area contributed by atoms with Crippen LogP contribution in [0.15, 0.2) is 0 Å². The highest BCUT2D eigenvalue weighted by Crippen LogP contribution is 2.45. The predicted octanol–water partition coefficient (Wildman–Crippen LogP) is 17.0. The van der Waals surface area contributed by atoms with Crippen molar-refractivity contribution in [3.63, 3.8) is 0 Å². The van der Waals surface area contributed by atoms with Crippen molar-refractivity contribution in [1.29, 1.82) is 0 Å². The van der Waals surface area contributed by atoms with Crippen molar-refractivity contribution in [2.24, 2.45) is 23.7 Å². The first kappa shape index (κ1) is 80.1. The molecule has 0 bridgehead atoms. The lowest BCUT2D eigenvalue weighted by Crippen LogP contribution is -2.30. The van der Waals surface area contributed by atoms with Gasteiger partial charge in [0.15, 0.2) is 12.2 Å². The van der Waals surface area contributed by atoms with Crippen LogP contribution in [0.3, 0.4) is 0 Å². The number of phosphoric ester groups is 2. The van der Waals surface area contributed by atoms with Gasteiger partial charge in [0.2, 0.25) is 0 Å². The monoisotopic (exact) mass is 1210 g/mol. The predicted molar refractivity (Wildman–Crippen MR) is 326 cm³/mol. The first-order chi connectivity index (χ1) is 39.2. The highest BCUT2D eigenvalue weighted by molar-refractivity contribution is 7.47. The van der Waals surface area contributed by atoms with Crippen molar-refractivity contribution in [2.75, 3.05) is 39.6 Å². The van der Waals surface area contributed by atoms with Gasteiger partial charge < -0.3 is 33.8 Å². The lowest BCUT2D eigenvalue weighted by molar-refractivity contribution is -0.161. The zero-order valence-electron chi connectivity index (χ0n) is 53.1. The first-order valence-corrected chi connectivity index (χ1v) is 35.8. The van der Waals surface area contributed by atoms with Crippen molar-refractivity contribution >= 4 is 39.5 Å². The van der Waals surface area contributed by atoms with Crippen LogP contribution in [-0.2, 0) is 65.4 Å². The minimum Gasteiger partial charge on any atom is -0.462 e. The normalized spacial score (nSPS) is 15.1.